The minimum atomic E-state index is -0.0961. The first-order valence-corrected chi connectivity index (χ1v) is 8.04. The molecule has 0 bridgehead atoms. The van der Waals surface area contributed by atoms with Gasteiger partial charge in [-0.25, -0.2) is 0 Å². The Labute approximate surface area is 117 Å². The lowest BCUT2D eigenvalue weighted by Crippen LogP contribution is -2.44. The van der Waals surface area contributed by atoms with Gasteiger partial charge < -0.3 is 10.4 Å². The van der Waals surface area contributed by atoms with E-state index in [0.29, 0.717) is 6.42 Å². The number of carbonyl (C=O) groups is 1. The largest absolute Gasteiger partial charge is 0.396 e. The third-order valence-electron chi connectivity index (χ3n) is 5.27. The lowest BCUT2D eigenvalue weighted by molar-refractivity contribution is -0.122. The van der Waals surface area contributed by atoms with Crippen LogP contribution in [-0.4, -0.2) is 23.7 Å². The summed E-state index contributed by atoms with van der Waals surface area (Å²) in [6.07, 6.45) is 11.6. The normalized spacial score (nSPS) is 31.8. The van der Waals surface area contributed by atoms with E-state index in [2.05, 4.69) is 12.2 Å². The molecular formula is C16H29NO2. The lowest BCUT2D eigenvalue weighted by Gasteiger charge is -2.30. The van der Waals surface area contributed by atoms with Crippen LogP contribution in [0.25, 0.3) is 0 Å². The highest BCUT2D eigenvalue weighted by atomic mass is 16.3. The highest BCUT2D eigenvalue weighted by Crippen LogP contribution is 2.37. The van der Waals surface area contributed by atoms with Gasteiger partial charge in [-0.15, -0.1) is 0 Å². The topological polar surface area (TPSA) is 49.3 Å². The molecule has 3 heteroatoms. The number of aliphatic hydroxyl groups is 1. The van der Waals surface area contributed by atoms with E-state index in [9.17, 15) is 9.90 Å². The highest BCUT2D eigenvalue weighted by molar-refractivity contribution is 5.76. The summed E-state index contributed by atoms with van der Waals surface area (Å²) < 4.78 is 0. The first kappa shape index (κ1) is 14.8. The number of hydrogen-bond donors (Lipinski definition) is 2. The Bertz CT molecular complexity index is 299. The zero-order valence-electron chi connectivity index (χ0n) is 12.3. The number of aliphatic hydroxyl groups excluding tert-OH is 1. The van der Waals surface area contributed by atoms with Crippen LogP contribution in [-0.2, 0) is 4.79 Å². The SMILES string of the molecule is CC1(CO)CCCC1NC(=O)CCCC1CCCC1. The number of hydrogen-bond acceptors (Lipinski definition) is 2. The van der Waals surface area contributed by atoms with Gasteiger partial charge in [0.2, 0.25) is 5.91 Å². The molecule has 0 aromatic rings. The molecule has 0 aliphatic heterocycles. The maximum absolute atomic E-state index is 12.0. The fourth-order valence-corrected chi connectivity index (χ4v) is 3.79. The van der Waals surface area contributed by atoms with E-state index in [4.69, 9.17) is 0 Å². The van der Waals surface area contributed by atoms with Crippen LogP contribution in [0.3, 0.4) is 0 Å². The van der Waals surface area contributed by atoms with Crippen molar-refractivity contribution in [1.29, 1.82) is 0 Å². The predicted octanol–water partition coefficient (Wildman–Crippen LogP) is 3.01. The van der Waals surface area contributed by atoms with E-state index in [1.54, 1.807) is 0 Å². The number of amides is 1. The van der Waals surface area contributed by atoms with Crippen molar-refractivity contribution in [3.05, 3.63) is 0 Å². The van der Waals surface area contributed by atoms with E-state index >= 15 is 0 Å². The summed E-state index contributed by atoms with van der Waals surface area (Å²) in [7, 11) is 0. The molecule has 0 aromatic heterocycles. The molecule has 2 unspecified atom stereocenters. The first-order chi connectivity index (χ1) is 9.14. The Morgan fingerprint density at radius 3 is 2.68 bits per heavy atom. The minimum Gasteiger partial charge on any atom is -0.396 e. The Kier molecular flexibility index (Phi) is 5.26. The fourth-order valence-electron chi connectivity index (χ4n) is 3.79. The van der Waals surface area contributed by atoms with Crippen LogP contribution in [0.1, 0.15) is 71.1 Å². The summed E-state index contributed by atoms with van der Waals surface area (Å²) in [5.41, 5.74) is -0.0961. The molecule has 0 heterocycles. The summed E-state index contributed by atoms with van der Waals surface area (Å²) >= 11 is 0. The van der Waals surface area contributed by atoms with E-state index in [0.717, 1.165) is 31.6 Å². The summed E-state index contributed by atoms with van der Waals surface area (Å²) in [5, 5.41) is 12.6. The molecule has 110 valence electrons. The van der Waals surface area contributed by atoms with Crippen molar-refractivity contribution >= 4 is 5.91 Å². The van der Waals surface area contributed by atoms with Gasteiger partial charge in [0.1, 0.15) is 0 Å². The highest BCUT2D eigenvalue weighted by Gasteiger charge is 2.38. The monoisotopic (exact) mass is 267 g/mol. The quantitative estimate of drug-likeness (QED) is 0.777. The first-order valence-electron chi connectivity index (χ1n) is 8.04. The summed E-state index contributed by atoms with van der Waals surface area (Å²) in [6, 6.07) is 0.177. The molecule has 2 saturated carbocycles. The smallest absolute Gasteiger partial charge is 0.220 e. The molecule has 2 N–H and O–H groups in total. The van der Waals surface area contributed by atoms with E-state index < -0.39 is 0 Å². The maximum atomic E-state index is 12.0. The Balaban J connectivity index is 1.66. The molecule has 0 spiro atoms. The van der Waals surface area contributed by atoms with Gasteiger partial charge in [-0.1, -0.05) is 39.0 Å². The van der Waals surface area contributed by atoms with Gasteiger partial charge in [-0.2, -0.15) is 0 Å². The van der Waals surface area contributed by atoms with Crippen molar-refractivity contribution in [2.24, 2.45) is 11.3 Å². The van der Waals surface area contributed by atoms with Crippen molar-refractivity contribution in [2.75, 3.05) is 6.61 Å². The molecule has 2 rings (SSSR count). The Morgan fingerprint density at radius 1 is 1.26 bits per heavy atom. The molecule has 2 atom stereocenters. The molecule has 2 aliphatic rings. The molecule has 19 heavy (non-hydrogen) atoms. The average molecular weight is 267 g/mol. The van der Waals surface area contributed by atoms with Crippen LogP contribution in [0.2, 0.25) is 0 Å². The summed E-state index contributed by atoms with van der Waals surface area (Å²) in [6.45, 7) is 2.27. The fraction of sp³-hybridized carbons (Fsp3) is 0.938. The Morgan fingerprint density at radius 2 is 2.00 bits per heavy atom. The second-order valence-corrected chi connectivity index (χ2v) is 6.87. The molecular weight excluding hydrogens is 238 g/mol. The van der Waals surface area contributed by atoms with Crippen molar-refractivity contribution in [1.82, 2.24) is 5.32 Å². The lowest BCUT2D eigenvalue weighted by atomic mass is 9.85. The van der Waals surface area contributed by atoms with Crippen LogP contribution >= 0.6 is 0 Å². The molecule has 3 nitrogen and oxygen atoms in total. The van der Waals surface area contributed by atoms with Crippen molar-refractivity contribution in [3.8, 4) is 0 Å². The van der Waals surface area contributed by atoms with Gasteiger partial charge in [0.25, 0.3) is 0 Å². The van der Waals surface area contributed by atoms with Crippen LogP contribution in [0.4, 0.5) is 0 Å². The number of nitrogens with one attached hydrogen (secondary N) is 1. The van der Waals surface area contributed by atoms with Gasteiger partial charge in [-0.05, 0) is 31.6 Å². The van der Waals surface area contributed by atoms with E-state index in [-0.39, 0.29) is 24.0 Å². The van der Waals surface area contributed by atoms with Gasteiger partial charge in [0, 0.05) is 17.9 Å². The van der Waals surface area contributed by atoms with Gasteiger partial charge in [0.15, 0.2) is 0 Å². The number of rotatable bonds is 6. The predicted molar refractivity (Wildman–Crippen MR) is 76.8 cm³/mol. The average Bonchev–Trinajstić information content (AvgIpc) is 3.01. The summed E-state index contributed by atoms with van der Waals surface area (Å²) in [4.78, 5) is 12.0. The molecule has 1 amide bonds. The van der Waals surface area contributed by atoms with Gasteiger partial charge in [-0.3, -0.25) is 4.79 Å². The van der Waals surface area contributed by atoms with Crippen molar-refractivity contribution in [2.45, 2.75) is 77.2 Å². The van der Waals surface area contributed by atoms with Gasteiger partial charge in [0.05, 0.1) is 6.61 Å². The Hall–Kier alpha value is -0.570. The molecule has 0 aromatic carbocycles. The second-order valence-electron chi connectivity index (χ2n) is 6.87. The molecule has 0 radical (unpaired) electrons. The maximum Gasteiger partial charge on any atom is 0.220 e. The second kappa shape index (κ2) is 6.74. The van der Waals surface area contributed by atoms with E-state index in [1.807, 2.05) is 0 Å². The summed E-state index contributed by atoms with van der Waals surface area (Å²) in [5.74, 6) is 1.06. The van der Waals surface area contributed by atoms with Crippen LogP contribution in [0, 0.1) is 11.3 Å². The van der Waals surface area contributed by atoms with Crippen LogP contribution < -0.4 is 5.32 Å². The third-order valence-corrected chi connectivity index (χ3v) is 5.27. The standard InChI is InChI=1S/C16H29NO2/c1-16(12-18)11-5-9-14(16)17-15(19)10-4-8-13-6-2-3-7-13/h13-14,18H,2-12H2,1H3,(H,17,19). The third kappa shape index (κ3) is 3.95. The van der Waals surface area contributed by atoms with Crippen LogP contribution in [0.15, 0.2) is 0 Å². The number of carbonyl (C=O) groups excluding carboxylic acids is 1. The van der Waals surface area contributed by atoms with Crippen molar-refractivity contribution in [3.63, 3.8) is 0 Å². The molecule has 0 saturated heterocycles. The minimum absolute atomic E-state index is 0.0961. The zero-order valence-corrected chi connectivity index (χ0v) is 12.3. The van der Waals surface area contributed by atoms with Crippen molar-refractivity contribution < 1.29 is 9.90 Å². The van der Waals surface area contributed by atoms with Gasteiger partial charge >= 0.3 is 0 Å². The van der Waals surface area contributed by atoms with Crippen LogP contribution in [0.5, 0.6) is 0 Å². The van der Waals surface area contributed by atoms with E-state index in [1.165, 1.54) is 32.1 Å². The molecule has 2 aliphatic carbocycles. The zero-order chi connectivity index (χ0) is 13.7. The molecule has 2 fully saturated rings.